The van der Waals surface area contributed by atoms with Crippen molar-refractivity contribution in [3.05, 3.63) is 29.5 Å². The van der Waals surface area contributed by atoms with Crippen molar-refractivity contribution >= 4 is 23.4 Å². The molecule has 8 nitrogen and oxygen atoms in total. The number of likely N-dealkylation sites (N-methyl/N-ethyl adjacent to an activating group) is 1. The normalized spacial score (nSPS) is 23.5. The minimum absolute atomic E-state index is 0.0920. The van der Waals surface area contributed by atoms with Crippen LogP contribution in [0.25, 0.3) is 0 Å². The van der Waals surface area contributed by atoms with E-state index in [1.165, 1.54) is 6.20 Å². The van der Waals surface area contributed by atoms with Gasteiger partial charge >= 0.3 is 6.18 Å². The lowest BCUT2D eigenvalue weighted by Gasteiger charge is -2.37. The largest absolute Gasteiger partial charge is 0.434 e. The van der Waals surface area contributed by atoms with E-state index in [9.17, 15) is 18.0 Å². The zero-order valence-corrected chi connectivity index (χ0v) is 16.8. The molecule has 1 atom stereocenters. The smallest absolute Gasteiger partial charge is 0.351 e. The van der Waals surface area contributed by atoms with Crippen LogP contribution in [0, 0.1) is 12.8 Å². The Morgan fingerprint density at radius 1 is 1.23 bits per heavy atom. The lowest BCUT2D eigenvalue weighted by molar-refractivity contribution is -0.141. The molecule has 1 fully saturated rings. The number of aromatic nitrogens is 4. The summed E-state index contributed by atoms with van der Waals surface area (Å²) in [4.78, 5) is 30.2. The van der Waals surface area contributed by atoms with E-state index in [-0.39, 0.29) is 18.0 Å². The molecule has 1 aliphatic carbocycles. The Labute approximate surface area is 171 Å². The van der Waals surface area contributed by atoms with Crippen molar-refractivity contribution < 1.29 is 18.0 Å². The Kier molecular flexibility index (Phi) is 4.99. The fourth-order valence-electron chi connectivity index (χ4n) is 3.72. The standard InChI is InChI=1S/C19H22F3N7O/c1-9-15-16(29(3)10(2)17(30)27-15)28-18(25-9)26-12-4-11(5-12)6-13-7-24-14(8-23-13)19(20,21)22/h7-8,10-12H,4-6H2,1-3H3,(H,27,30)(H,25,26,28)/t10-,11?,12?/m0/s1. The van der Waals surface area contributed by atoms with E-state index in [2.05, 4.69) is 30.6 Å². The second kappa shape index (κ2) is 7.37. The first-order valence-electron chi connectivity index (χ1n) is 9.68. The van der Waals surface area contributed by atoms with Crippen molar-refractivity contribution in [2.45, 2.75) is 51.4 Å². The van der Waals surface area contributed by atoms with Crippen molar-refractivity contribution in [1.29, 1.82) is 0 Å². The van der Waals surface area contributed by atoms with Gasteiger partial charge in [0.1, 0.15) is 11.7 Å². The average Bonchev–Trinajstić information content (AvgIpc) is 2.65. The number of halogens is 3. The minimum Gasteiger partial charge on any atom is -0.351 e. The number of nitrogens with zero attached hydrogens (tertiary/aromatic N) is 5. The number of fused-ring (bicyclic) bond motifs is 1. The second-order valence-corrected chi connectivity index (χ2v) is 7.88. The maximum atomic E-state index is 12.6. The number of carbonyl (C=O) groups is 1. The summed E-state index contributed by atoms with van der Waals surface area (Å²) in [5, 5.41) is 6.16. The van der Waals surface area contributed by atoms with Crippen LogP contribution in [0.2, 0.25) is 0 Å². The first-order valence-corrected chi connectivity index (χ1v) is 9.68. The van der Waals surface area contributed by atoms with Crippen molar-refractivity contribution in [2.24, 2.45) is 5.92 Å². The molecule has 2 N–H and O–H groups in total. The molecule has 1 saturated carbocycles. The summed E-state index contributed by atoms with van der Waals surface area (Å²) < 4.78 is 37.7. The van der Waals surface area contributed by atoms with Gasteiger partial charge < -0.3 is 15.5 Å². The number of rotatable bonds is 4. The Balaban J connectivity index is 1.35. The highest BCUT2D eigenvalue weighted by molar-refractivity contribution is 6.03. The summed E-state index contributed by atoms with van der Waals surface area (Å²) in [6.45, 7) is 3.63. The number of hydrogen-bond donors (Lipinski definition) is 2. The van der Waals surface area contributed by atoms with Crippen molar-refractivity contribution in [3.63, 3.8) is 0 Å². The molecule has 160 valence electrons. The van der Waals surface area contributed by atoms with Gasteiger partial charge in [0.2, 0.25) is 11.9 Å². The van der Waals surface area contributed by atoms with Crippen molar-refractivity contribution in [2.75, 3.05) is 22.6 Å². The van der Waals surface area contributed by atoms with Gasteiger partial charge in [-0.25, -0.2) is 9.97 Å². The molecule has 0 saturated heterocycles. The third-order valence-corrected chi connectivity index (χ3v) is 5.68. The van der Waals surface area contributed by atoms with Gasteiger partial charge in [-0.3, -0.25) is 9.78 Å². The Morgan fingerprint density at radius 2 is 1.97 bits per heavy atom. The predicted octanol–water partition coefficient (Wildman–Crippen LogP) is 2.80. The van der Waals surface area contributed by atoms with Gasteiger partial charge in [0, 0.05) is 19.3 Å². The molecule has 3 heterocycles. The molecule has 4 rings (SSSR count). The SMILES string of the molecule is Cc1nc(NC2CC(Cc3cnc(C(F)(F)F)cn3)C2)nc2c1NC(=O)[C@H](C)N2C. The monoisotopic (exact) mass is 421 g/mol. The number of alkyl halides is 3. The summed E-state index contributed by atoms with van der Waals surface area (Å²) >= 11 is 0. The van der Waals surface area contributed by atoms with E-state index in [0.29, 0.717) is 41.2 Å². The fourth-order valence-corrected chi connectivity index (χ4v) is 3.72. The highest BCUT2D eigenvalue weighted by Gasteiger charge is 2.34. The molecule has 1 amide bonds. The van der Waals surface area contributed by atoms with Gasteiger partial charge in [-0.05, 0) is 39.0 Å². The molecule has 11 heteroatoms. The van der Waals surface area contributed by atoms with Gasteiger partial charge in [-0.1, -0.05) is 0 Å². The molecule has 0 spiro atoms. The van der Waals surface area contributed by atoms with Gasteiger partial charge in [-0.2, -0.15) is 18.2 Å². The van der Waals surface area contributed by atoms with Crippen molar-refractivity contribution in [3.8, 4) is 0 Å². The second-order valence-electron chi connectivity index (χ2n) is 7.88. The third kappa shape index (κ3) is 3.88. The highest BCUT2D eigenvalue weighted by atomic mass is 19.4. The molecule has 0 radical (unpaired) electrons. The van der Waals surface area contributed by atoms with Crippen LogP contribution in [0.1, 0.15) is 36.8 Å². The van der Waals surface area contributed by atoms with E-state index in [1.807, 2.05) is 25.8 Å². The Morgan fingerprint density at radius 3 is 2.60 bits per heavy atom. The Hall–Kier alpha value is -2.98. The highest BCUT2D eigenvalue weighted by Crippen LogP contribution is 2.35. The molecular formula is C19H22F3N7O. The number of amides is 1. The molecule has 2 aliphatic rings. The third-order valence-electron chi connectivity index (χ3n) is 5.68. The van der Waals surface area contributed by atoms with Crippen LogP contribution in [0.5, 0.6) is 0 Å². The first-order chi connectivity index (χ1) is 14.1. The van der Waals surface area contributed by atoms with Crippen LogP contribution >= 0.6 is 0 Å². The zero-order chi connectivity index (χ0) is 21.6. The van der Waals surface area contributed by atoms with Gasteiger partial charge in [0.15, 0.2) is 11.5 Å². The number of anilines is 3. The predicted molar refractivity (Wildman–Crippen MR) is 104 cm³/mol. The van der Waals surface area contributed by atoms with Crippen LogP contribution in [0.4, 0.5) is 30.6 Å². The molecule has 0 aromatic carbocycles. The van der Waals surface area contributed by atoms with E-state index in [1.54, 1.807) is 0 Å². The van der Waals surface area contributed by atoms with Gasteiger partial charge in [-0.15, -0.1) is 0 Å². The summed E-state index contributed by atoms with van der Waals surface area (Å²) in [6.07, 6.45) is -0.233. The first kappa shape index (κ1) is 20.3. The average molecular weight is 421 g/mol. The molecule has 1 aliphatic heterocycles. The summed E-state index contributed by atoms with van der Waals surface area (Å²) in [5.74, 6) is 1.40. The minimum atomic E-state index is -4.47. The van der Waals surface area contributed by atoms with Crippen LogP contribution in [-0.2, 0) is 17.4 Å². The number of aryl methyl sites for hydroxylation is 1. The summed E-state index contributed by atoms with van der Waals surface area (Å²) in [6, 6.07) is -0.145. The van der Waals surface area contributed by atoms with Crippen LogP contribution in [0.3, 0.4) is 0 Å². The lowest BCUT2D eigenvalue weighted by Crippen LogP contribution is -2.45. The summed E-state index contributed by atoms with van der Waals surface area (Å²) in [5.41, 5.74) is 0.887. The van der Waals surface area contributed by atoms with Crippen molar-refractivity contribution in [1.82, 2.24) is 19.9 Å². The molecule has 30 heavy (non-hydrogen) atoms. The molecule has 0 bridgehead atoms. The number of hydrogen-bond acceptors (Lipinski definition) is 7. The van der Waals surface area contributed by atoms with Gasteiger partial charge in [0.25, 0.3) is 0 Å². The fraction of sp³-hybridized carbons (Fsp3) is 0.526. The topological polar surface area (TPSA) is 95.9 Å². The molecule has 0 unspecified atom stereocenters. The van der Waals surface area contributed by atoms with Crippen LogP contribution in [0.15, 0.2) is 12.4 Å². The molecule has 2 aromatic rings. The molecular weight excluding hydrogens is 399 g/mol. The van der Waals surface area contributed by atoms with E-state index >= 15 is 0 Å². The van der Waals surface area contributed by atoms with E-state index in [4.69, 9.17) is 0 Å². The molecule has 2 aromatic heterocycles. The maximum Gasteiger partial charge on any atom is 0.434 e. The zero-order valence-electron chi connectivity index (χ0n) is 16.8. The summed E-state index contributed by atoms with van der Waals surface area (Å²) in [7, 11) is 1.82. The van der Waals surface area contributed by atoms with E-state index < -0.39 is 11.9 Å². The van der Waals surface area contributed by atoms with Gasteiger partial charge in [0.05, 0.1) is 17.6 Å². The van der Waals surface area contributed by atoms with E-state index in [0.717, 1.165) is 19.0 Å². The van der Waals surface area contributed by atoms with Crippen LogP contribution in [-0.4, -0.2) is 45.0 Å². The number of nitrogens with one attached hydrogen (secondary N) is 2. The lowest BCUT2D eigenvalue weighted by atomic mass is 9.77. The Bertz CT molecular complexity index is 958. The maximum absolute atomic E-state index is 12.6. The quantitative estimate of drug-likeness (QED) is 0.784. The van der Waals surface area contributed by atoms with Crippen LogP contribution < -0.4 is 15.5 Å². The number of carbonyl (C=O) groups excluding carboxylic acids is 1.